The Morgan fingerprint density at radius 2 is 2.24 bits per heavy atom. The maximum absolute atomic E-state index is 11.3. The molecule has 0 unspecified atom stereocenters. The summed E-state index contributed by atoms with van der Waals surface area (Å²) in [5, 5.41) is 15.4. The lowest BCUT2D eigenvalue weighted by Crippen LogP contribution is -2.49. The number of halogens is 1. The highest BCUT2D eigenvalue weighted by Gasteiger charge is 2.42. The quantitative estimate of drug-likeness (QED) is 0.628. The number of ether oxygens (including phenoxy) is 1. The Balaban J connectivity index is 2.05. The summed E-state index contributed by atoms with van der Waals surface area (Å²) in [6, 6.07) is 3.69. The van der Waals surface area contributed by atoms with E-state index in [9.17, 15) is 10.1 Å². The number of hydrogen-bond acceptors (Lipinski definition) is 5. The highest BCUT2D eigenvalue weighted by Crippen LogP contribution is 2.48. The van der Waals surface area contributed by atoms with Gasteiger partial charge in [0.15, 0.2) is 0 Å². The van der Waals surface area contributed by atoms with Crippen LogP contribution in [0.2, 0.25) is 0 Å². The zero-order valence-corrected chi connectivity index (χ0v) is 12.6. The van der Waals surface area contributed by atoms with E-state index in [0.717, 1.165) is 23.7 Å². The van der Waals surface area contributed by atoms with Gasteiger partial charge in [0.2, 0.25) is 0 Å². The SMILES string of the molecule is O=[N+]([O-])c1cnc2ccc(Br)c3c2c1NC1(CCC1)CO3. The molecule has 1 aliphatic heterocycles. The standard InChI is InChI=1S/C14H12BrN3O3/c15-8-2-3-9-11-12(10(6-16-9)18(19)20)17-14(4-1-5-14)7-21-13(8)11/h2-3,6,17H,1,4-5,7H2. The largest absolute Gasteiger partial charge is 0.489 e. The first kappa shape index (κ1) is 12.8. The van der Waals surface area contributed by atoms with Crippen molar-refractivity contribution in [2.24, 2.45) is 0 Å². The van der Waals surface area contributed by atoms with E-state index in [0.29, 0.717) is 28.9 Å². The molecule has 0 atom stereocenters. The summed E-state index contributed by atoms with van der Waals surface area (Å²) in [5.41, 5.74) is 1.02. The lowest BCUT2D eigenvalue weighted by Gasteiger charge is -2.41. The summed E-state index contributed by atoms with van der Waals surface area (Å²) in [4.78, 5) is 15.2. The monoisotopic (exact) mass is 349 g/mol. The third kappa shape index (κ3) is 1.80. The molecule has 1 spiro atoms. The second kappa shape index (κ2) is 4.30. The molecule has 1 N–H and O–H groups in total. The molecule has 1 fully saturated rings. The van der Waals surface area contributed by atoms with Gasteiger partial charge >= 0.3 is 5.69 Å². The molecule has 108 valence electrons. The number of nitrogens with zero attached hydrogens (tertiary/aromatic N) is 2. The van der Waals surface area contributed by atoms with E-state index in [1.54, 1.807) is 0 Å². The van der Waals surface area contributed by atoms with Crippen LogP contribution in [0.1, 0.15) is 19.3 Å². The Morgan fingerprint density at radius 3 is 2.90 bits per heavy atom. The van der Waals surface area contributed by atoms with Crippen LogP contribution in [0.5, 0.6) is 5.75 Å². The normalized spacial score (nSPS) is 18.5. The van der Waals surface area contributed by atoms with E-state index in [4.69, 9.17) is 4.74 Å². The van der Waals surface area contributed by atoms with Crippen LogP contribution in [0.4, 0.5) is 11.4 Å². The first-order valence-corrected chi connectivity index (χ1v) is 7.56. The molecule has 1 aromatic carbocycles. The zero-order chi connectivity index (χ0) is 14.6. The second-order valence-electron chi connectivity index (χ2n) is 5.59. The average Bonchev–Trinajstić information content (AvgIpc) is 2.61. The van der Waals surface area contributed by atoms with Gasteiger partial charge in [-0.1, -0.05) is 0 Å². The zero-order valence-electron chi connectivity index (χ0n) is 11.1. The smallest absolute Gasteiger partial charge is 0.311 e. The summed E-state index contributed by atoms with van der Waals surface area (Å²) in [6.07, 6.45) is 4.34. The first-order valence-electron chi connectivity index (χ1n) is 6.76. The fourth-order valence-corrected chi connectivity index (χ4v) is 3.45. The molecular weight excluding hydrogens is 338 g/mol. The summed E-state index contributed by atoms with van der Waals surface area (Å²) in [7, 11) is 0. The van der Waals surface area contributed by atoms with Crippen molar-refractivity contribution in [1.29, 1.82) is 0 Å². The van der Waals surface area contributed by atoms with Crippen LogP contribution in [0, 0.1) is 10.1 Å². The molecule has 2 heterocycles. The number of aromatic nitrogens is 1. The number of rotatable bonds is 1. The van der Waals surface area contributed by atoms with Gasteiger partial charge < -0.3 is 10.1 Å². The molecule has 0 bridgehead atoms. The van der Waals surface area contributed by atoms with Gasteiger partial charge in [0.25, 0.3) is 0 Å². The van der Waals surface area contributed by atoms with Gasteiger partial charge in [0.05, 0.1) is 25.8 Å². The van der Waals surface area contributed by atoms with Crippen molar-refractivity contribution in [2.75, 3.05) is 11.9 Å². The van der Waals surface area contributed by atoms with Crippen molar-refractivity contribution in [3.8, 4) is 5.75 Å². The Morgan fingerprint density at radius 1 is 1.43 bits per heavy atom. The number of pyridine rings is 1. The molecule has 21 heavy (non-hydrogen) atoms. The minimum Gasteiger partial charge on any atom is -0.489 e. The van der Waals surface area contributed by atoms with Gasteiger partial charge in [-0.2, -0.15) is 0 Å². The van der Waals surface area contributed by atoms with Crippen molar-refractivity contribution in [3.05, 3.63) is 32.9 Å². The van der Waals surface area contributed by atoms with Crippen LogP contribution < -0.4 is 10.1 Å². The maximum Gasteiger partial charge on any atom is 0.311 e. The van der Waals surface area contributed by atoms with Gasteiger partial charge in [-0.3, -0.25) is 10.1 Å². The van der Waals surface area contributed by atoms with E-state index >= 15 is 0 Å². The molecule has 1 aliphatic carbocycles. The lowest BCUT2D eigenvalue weighted by atomic mass is 9.77. The Bertz CT molecular complexity index is 774. The molecule has 4 rings (SSSR count). The number of nitro groups is 1. The van der Waals surface area contributed by atoms with Gasteiger partial charge in [-0.25, -0.2) is 4.98 Å². The average molecular weight is 350 g/mol. The molecule has 0 saturated heterocycles. The van der Waals surface area contributed by atoms with E-state index < -0.39 is 4.92 Å². The summed E-state index contributed by atoms with van der Waals surface area (Å²) >= 11 is 3.47. The van der Waals surface area contributed by atoms with Crippen LogP contribution in [0.15, 0.2) is 22.8 Å². The predicted octanol–water partition coefficient (Wildman–Crippen LogP) is 3.63. The van der Waals surface area contributed by atoms with E-state index in [2.05, 4.69) is 26.2 Å². The molecule has 2 aromatic rings. The molecule has 2 aliphatic rings. The van der Waals surface area contributed by atoms with Crippen molar-refractivity contribution >= 4 is 38.2 Å². The first-order chi connectivity index (χ1) is 10.1. The molecule has 0 amide bonds. The van der Waals surface area contributed by atoms with Crippen LogP contribution in [-0.2, 0) is 0 Å². The summed E-state index contributed by atoms with van der Waals surface area (Å²) in [6.45, 7) is 0.510. The van der Waals surface area contributed by atoms with Gasteiger partial charge in [-0.05, 0) is 47.3 Å². The molecule has 6 nitrogen and oxygen atoms in total. The third-order valence-corrected chi connectivity index (χ3v) is 4.93. The number of hydrogen-bond donors (Lipinski definition) is 1. The van der Waals surface area contributed by atoms with Crippen molar-refractivity contribution in [1.82, 2.24) is 4.98 Å². The number of anilines is 1. The number of nitrogens with one attached hydrogen (secondary N) is 1. The minimum absolute atomic E-state index is 0.00127. The lowest BCUT2D eigenvalue weighted by molar-refractivity contribution is -0.384. The molecule has 1 aromatic heterocycles. The van der Waals surface area contributed by atoms with Gasteiger partial charge in [-0.15, -0.1) is 0 Å². The fraction of sp³-hybridized carbons (Fsp3) is 0.357. The van der Waals surface area contributed by atoms with Crippen molar-refractivity contribution in [2.45, 2.75) is 24.8 Å². The van der Waals surface area contributed by atoms with Gasteiger partial charge in [0, 0.05) is 0 Å². The second-order valence-corrected chi connectivity index (χ2v) is 6.45. The highest BCUT2D eigenvalue weighted by molar-refractivity contribution is 9.10. The van der Waals surface area contributed by atoms with Crippen molar-refractivity contribution < 1.29 is 9.66 Å². The van der Waals surface area contributed by atoms with Crippen LogP contribution in [0.3, 0.4) is 0 Å². The van der Waals surface area contributed by atoms with E-state index in [1.165, 1.54) is 6.20 Å². The molecule has 7 heteroatoms. The Hall–Kier alpha value is -1.89. The topological polar surface area (TPSA) is 77.3 Å². The fourth-order valence-electron chi connectivity index (χ4n) is 3.01. The van der Waals surface area contributed by atoms with Gasteiger partial charge in [0.1, 0.15) is 24.2 Å². The summed E-state index contributed by atoms with van der Waals surface area (Å²) in [5.74, 6) is 0.634. The molecule has 0 radical (unpaired) electrons. The van der Waals surface area contributed by atoms with Crippen molar-refractivity contribution in [3.63, 3.8) is 0 Å². The van der Waals surface area contributed by atoms with Crippen LogP contribution in [0.25, 0.3) is 10.9 Å². The predicted molar refractivity (Wildman–Crippen MR) is 81.8 cm³/mol. The van der Waals surface area contributed by atoms with Crippen LogP contribution in [-0.4, -0.2) is 22.1 Å². The minimum atomic E-state index is -0.392. The molecular formula is C14H12BrN3O3. The Labute approximate surface area is 128 Å². The molecule has 1 saturated carbocycles. The number of benzene rings is 1. The Kier molecular flexibility index (Phi) is 2.63. The summed E-state index contributed by atoms with van der Waals surface area (Å²) < 4.78 is 6.76. The third-order valence-electron chi connectivity index (χ3n) is 4.31. The highest BCUT2D eigenvalue weighted by atomic mass is 79.9. The van der Waals surface area contributed by atoms with Crippen LogP contribution >= 0.6 is 15.9 Å². The van der Waals surface area contributed by atoms with E-state index in [-0.39, 0.29) is 11.2 Å². The maximum atomic E-state index is 11.3. The van der Waals surface area contributed by atoms with E-state index in [1.807, 2.05) is 12.1 Å².